The van der Waals surface area contributed by atoms with Gasteiger partial charge in [-0.3, -0.25) is 4.72 Å². The van der Waals surface area contributed by atoms with Crippen LogP contribution in [0.1, 0.15) is 10.6 Å². The molecule has 0 spiro atoms. The Morgan fingerprint density at radius 2 is 1.87 bits per heavy atom. The number of sulfonamides is 1. The number of hydrogen-bond donors (Lipinski definition) is 1. The quantitative estimate of drug-likeness (QED) is 0.759. The number of rotatable bonds is 5. The van der Waals surface area contributed by atoms with Gasteiger partial charge in [0.1, 0.15) is 0 Å². The van der Waals surface area contributed by atoms with E-state index in [-0.39, 0.29) is 5.75 Å². The Morgan fingerprint density at radius 1 is 1.09 bits per heavy atom. The Morgan fingerprint density at radius 3 is 2.57 bits per heavy atom. The molecule has 0 aliphatic rings. The molecule has 0 amide bonds. The summed E-state index contributed by atoms with van der Waals surface area (Å²) in [6.45, 7) is 1.95. The van der Waals surface area contributed by atoms with E-state index < -0.39 is 10.0 Å². The van der Waals surface area contributed by atoms with Crippen molar-refractivity contribution >= 4 is 27.0 Å². The highest BCUT2D eigenvalue weighted by atomic mass is 32.2. The SMILES string of the molecule is Cc1nc(-c2cccc(NS(=O)(=O)Cc3ccccc3)c2)cs1. The van der Waals surface area contributed by atoms with Gasteiger partial charge in [-0.1, -0.05) is 42.5 Å². The zero-order valence-corrected chi connectivity index (χ0v) is 14.2. The second-order valence-corrected chi connectivity index (χ2v) is 7.96. The zero-order valence-electron chi connectivity index (χ0n) is 12.6. The summed E-state index contributed by atoms with van der Waals surface area (Å²) in [5.74, 6) is -0.0477. The Balaban J connectivity index is 1.80. The largest absolute Gasteiger partial charge is 0.283 e. The van der Waals surface area contributed by atoms with Crippen molar-refractivity contribution in [3.05, 3.63) is 70.5 Å². The van der Waals surface area contributed by atoms with Crippen LogP contribution in [-0.4, -0.2) is 13.4 Å². The van der Waals surface area contributed by atoms with Crippen molar-refractivity contribution in [1.82, 2.24) is 4.98 Å². The monoisotopic (exact) mass is 344 g/mol. The number of aromatic nitrogens is 1. The minimum atomic E-state index is -3.45. The summed E-state index contributed by atoms with van der Waals surface area (Å²) in [5, 5.41) is 2.95. The van der Waals surface area contributed by atoms with Crippen LogP contribution in [-0.2, 0) is 15.8 Å². The molecule has 1 aromatic heterocycles. The lowest BCUT2D eigenvalue weighted by Crippen LogP contribution is -2.15. The van der Waals surface area contributed by atoms with Gasteiger partial charge in [0.05, 0.1) is 16.5 Å². The summed E-state index contributed by atoms with van der Waals surface area (Å²) in [4.78, 5) is 4.43. The van der Waals surface area contributed by atoms with Gasteiger partial charge in [-0.15, -0.1) is 11.3 Å². The molecule has 4 nitrogen and oxygen atoms in total. The molecule has 0 saturated carbocycles. The Kier molecular flexibility index (Phi) is 4.45. The Hall–Kier alpha value is -2.18. The van der Waals surface area contributed by atoms with Gasteiger partial charge in [0.15, 0.2) is 0 Å². The molecule has 0 unspecified atom stereocenters. The number of anilines is 1. The Labute approximate surface area is 139 Å². The number of aryl methyl sites for hydroxylation is 1. The third-order valence-electron chi connectivity index (χ3n) is 3.25. The first-order chi connectivity index (χ1) is 11.0. The fraction of sp³-hybridized carbons (Fsp3) is 0.118. The van der Waals surface area contributed by atoms with Gasteiger partial charge < -0.3 is 0 Å². The number of thiazole rings is 1. The molecule has 3 aromatic rings. The summed E-state index contributed by atoms with van der Waals surface area (Å²) in [6.07, 6.45) is 0. The van der Waals surface area contributed by atoms with Crippen molar-refractivity contribution in [2.45, 2.75) is 12.7 Å². The van der Waals surface area contributed by atoms with E-state index in [1.165, 1.54) is 0 Å². The number of nitrogens with zero attached hydrogens (tertiary/aromatic N) is 1. The van der Waals surface area contributed by atoms with Crippen LogP contribution < -0.4 is 4.72 Å². The molecule has 0 atom stereocenters. The van der Waals surface area contributed by atoms with Gasteiger partial charge in [-0.25, -0.2) is 13.4 Å². The van der Waals surface area contributed by atoms with E-state index in [0.29, 0.717) is 5.69 Å². The molecule has 3 rings (SSSR count). The maximum absolute atomic E-state index is 12.3. The highest BCUT2D eigenvalue weighted by Gasteiger charge is 2.12. The van der Waals surface area contributed by atoms with Gasteiger partial charge in [0.2, 0.25) is 10.0 Å². The highest BCUT2D eigenvalue weighted by Crippen LogP contribution is 2.24. The van der Waals surface area contributed by atoms with Gasteiger partial charge in [-0.05, 0) is 24.6 Å². The zero-order chi connectivity index (χ0) is 16.3. The predicted molar refractivity (Wildman–Crippen MR) is 95.0 cm³/mol. The van der Waals surface area contributed by atoms with Gasteiger partial charge in [0, 0.05) is 16.6 Å². The summed E-state index contributed by atoms with van der Waals surface area (Å²) < 4.78 is 27.2. The van der Waals surface area contributed by atoms with E-state index in [2.05, 4.69) is 9.71 Å². The molecule has 0 aliphatic heterocycles. The number of benzene rings is 2. The molecule has 2 aromatic carbocycles. The maximum atomic E-state index is 12.3. The van der Waals surface area contributed by atoms with Crippen LogP contribution in [0.2, 0.25) is 0 Å². The molecule has 6 heteroatoms. The van der Waals surface area contributed by atoms with Crippen LogP contribution in [0.15, 0.2) is 60.0 Å². The molecular formula is C17H16N2O2S2. The first kappa shape index (κ1) is 15.7. The smallest absolute Gasteiger partial charge is 0.236 e. The van der Waals surface area contributed by atoms with Crippen molar-refractivity contribution in [2.75, 3.05) is 4.72 Å². The van der Waals surface area contributed by atoms with Crippen LogP contribution in [0.3, 0.4) is 0 Å². The standard InChI is InChI=1S/C17H16N2O2S2/c1-13-18-17(11-22-13)15-8-5-9-16(10-15)19-23(20,21)12-14-6-3-2-4-7-14/h2-11,19H,12H2,1H3. The van der Waals surface area contributed by atoms with E-state index in [0.717, 1.165) is 21.8 Å². The second kappa shape index (κ2) is 6.52. The lowest BCUT2D eigenvalue weighted by molar-refractivity contribution is 0.600. The molecule has 1 heterocycles. The summed E-state index contributed by atoms with van der Waals surface area (Å²) in [5.41, 5.74) is 3.06. The minimum Gasteiger partial charge on any atom is -0.283 e. The van der Waals surface area contributed by atoms with Crippen LogP contribution in [0.25, 0.3) is 11.3 Å². The Bertz CT molecular complexity index is 903. The molecular weight excluding hydrogens is 328 g/mol. The van der Waals surface area contributed by atoms with E-state index in [9.17, 15) is 8.42 Å². The normalized spacial score (nSPS) is 11.3. The molecule has 0 aliphatic carbocycles. The molecule has 118 valence electrons. The lowest BCUT2D eigenvalue weighted by Gasteiger charge is -2.09. The summed E-state index contributed by atoms with van der Waals surface area (Å²) in [7, 11) is -3.45. The van der Waals surface area contributed by atoms with E-state index in [1.54, 1.807) is 35.6 Å². The van der Waals surface area contributed by atoms with Crippen molar-refractivity contribution < 1.29 is 8.42 Å². The fourth-order valence-electron chi connectivity index (χ4n) is 2.25. The third-order valence-corrected chi connectivity index (χ3v) is 5.28. The van der Waals surface area contributed by atoms with Crippen LogP contribution in [0.4, 0.5) is 5.69 Å². The van der Waals surface area contributed by atoms with Gasteiger partial charge in [0.25, 0.3) is 0 Å². The van der Waals surface area contributed by atoms with Crippen molar-refractivity contribution in [3.63, 3.8) is 0 Å². The summed E-state index contributed by atoms with van der Waals surface area (Å²) in [6, 6.07) is 16.4. The maximum Gasteiger partial charge on any atom is 0.236 e. The molecule has 0 radical (unpaired) electrons. The summed E-state index contributed by atoms with van der Waals surface area (Å²) >= 11 is 1.57. The fourth-order valence-corrected chi connectivity index (χ4v) is 4.06. The van der Waals surface area contributed by atoms with E-state index >= 15 is 0 Å². The minimum absolute atomic E-state index is 0.0477. The predicted octanol–water partition coefficient (Wildman–Crippen LogP) is 4.06. The van der Waals surface area contributed by atoms with Crippen LogP contribution in [0, 0.1) is 6.92 Å². The third kappa shape index (κ3) is 4.18. The van der Waals surface area contributed by atoms with Gasteiger partial charge >= 0.3 is 0 Å². The average Bonchev–Trinajstić information content (AvgIpc) is 2.94. The molecule has 0 saturated heterocycles. The van der Waals surface area contributed by atoms with E-state index in [4.69, 9.17) is 0 Å². The van der Waals surface area contributed by atoms with Crippen LogP contribution >= 0.6 is 11.3 Å². The lowest BCUT2D eigenvalue weighted by atomic mass is 10.1. The van der Waals surface area contributed by atoms with Gasteiger partial charge in [-0.2, -0.15) is 0 Å². The van der Waals surface area contributed by atoms with Crippen molar-refractivity contribution in [3.8, 4) is 11.3 Å². The second-order valence-electron chi connectivity index (χ2n) is 5.18. The number of nitrogens with one attached hydrogen (secondary N) is 1. The van der Waals surface area contributed by atoms with Crippen molar-refractivity contribution in [2.24, 2.45) is 0 Å². The van der Waals surface area contributed by atoms with E-state index in [1.807, 2.05) is 42.6 Å². The highest BCUT2D eigenvalue weighted by molar-refractivity contribution is 7.91. The van der Waals surface area contributed by atoms with Crippen LogP contribution in [0.5, 0.6) is 0 Å². The molecule has 0 bridgehead atoms. The molecule has 1 N–H and O–H groups in total. The molecule has 0 fully saturated rings. The topological polar surface area (TPSA) is 59.1 Å². The first-order valence-corrected chi connectivity index (χ1v) is 9.62. The average molecular weight is 344 g/mol. The first-order valence-electron chi connectivity index (χ1n) is 7.09. The van der Waals surface area contributed by atoms with Crippen molar-refractivity contribution in [1.29, 1.82) is 0 Å². The molecule has 23 heavy (non-hydrogen) atoms. The number of hydrogen-bond acceptors (Lipinski definition) is 4.